The second kappa shape index (κ2) is 7.91. The van der Waals surface area contributed by atoms with Crippen molar-refractivity contribution < 1.29 is 14.9 Å². The van der Waals surface area contributed by atoms with Gasteiger partial charge in [0.15, 0.2) is 0 Å². The number of aliphatic hydroxyl groups is 2. The molecule has 0 aromatic carbocycles. The number of aryl methyl sites for hydroxylation is 1. The average Bonchev–Trinajstić information content (AvgIpc) is 2.58. The Kier molecular flexibility index (Phi) is 5.87. The van der Waals surface area contributed by atoms with E-state index in [0.29, 0.717) is 18.8 Å². The fourth-order valence-corrected chi connectivity index (χ4v) is 3.98. The van der Waals surface area contributed by atoms with Crippen molar-refractivity contribution in [3.05, 3.63) is 34.6 Å². The SMILES string of the molecule is Cc1ccc(CC2CC(C3CC(O)CC(CO)O3)CC=C2Cl)nn1. The first kappa shape index (κ1) is 17.8. The third-order valence-corrected chi connectivity index (χ3v) is 5.50. The summed E-state index contributed by atoms with van der Waals surface area (Å²) in [7, 11) is 0. The monoisotopic (exact) mass is 352 g/mol. The van der Waals surface area contributed by atoms with Crippen molar-refractivity contribution in [3.8, 4) is 0 Å². The molecule has 2 N–H and O–H groups in total. The second-order valence-corrected chi connectivity index (χ2v) is 7.43. The molecule has 1 fully saturated rings. The Bertz CT molecular complexity index is 578. The average molecular weight is 353 g/mol. The van der Waals surface area contributed by atoms with Crippen molar-refractivity contribution in [2.45, 2.75) is 57.3 Å². The highest BCUT2D eigenvalue weighted by atomic mass is 35.5. The Morgan fingerprint density at radius 1 is 1.25 bits per heavy atom. The van der Waals surface area contributed by atoms with Crippen LogP contribution < -0.4 is 0 Å². The van der Waals surface area contributed by atoms with Crippen molar-refractivity contribution in [1.29, 1.82) is 0 Å². The molecule has 24 heavy (non-hydrogen) atoms. The van der Waals surface area contributed by atoms with E-state index in [1.165, 1.54) is 0 Å². The van der Waals surface area contributed by atoms with Crippen molar-refractivity contribution in [3.63, 3.8) is 0 Å². The zero-order chi connectivity index (χ0) is 17.1. The molecule has 0 spiro atoms. The first-order valence-corrected chi connectivity index (χ1v) is 9.02. The number of ether oxygens (including phenoxy) is 1. The number of hydrogen-bond donors (Lipinski definition) is 2. The summed E-state index contributed by atoms with van der Waals surface area (Å²) < 4.78 is 5.98. The molecule has 2 heterocycles. The Morgan fingerprint density at radius 2 is 2.08 bits per heavy atom. The molecule has 1 saturated heterocycles. The van der Waals surface area contributed by atoms with Crippen molar-refractivity contribution in [2.75, 3.05) is 6.61 Å². The summed E-state index contributed by atoms with van der Waals surface area (Å²) in [5.41, 5.74) is 1.84. The number of allylic oxidation sites excluding steroid dienone is 2. The van der Waals surface area contributed by atoms with Gasteiger partial charge in [-0.2, -0.15) is 10.2 Å². The third kappa shape index (κ3) is 4.33. The number of halogens is 1. The van der Waals surface area contributed by atoms with Crippen LogP contribution in [0.3, 0.4) is 0 Å². The number of rotatable bonds is 4. The molecule has 5 atom stereocenters. The molecule has 0 radical (unpaired) electrons. The van der Waals surface area contributed by atoms with E-state index in [4.69, 9.17) is 16.3 Å². The lowest BCUT2D eigenvalue weighted by atomic mass is 9.78. The summed E-state index contributed by atoms with van der Waals surface area (Å²) in [6.07, 6.45) is 5.04. The van der Waals surface area contributed by atoms with E-state index in [2.05, 4.69) is 16.3 Å². The van der Waals surface area contributed by atoms with Gasteiger partial charge >= 0.3 is 0 Å². The number of hydrogen-bond acceptors (Lipinski definition) is 5. The molecular weight excluding hydrogens is 328 g/mol. The van der Waals surface area contributed by atoms with E-state index in [0.717, 1.165) is 35.7 Å². The summed E-state index contributed by atoms with van der Waals surface area (Å²) >= 11 is 6.44. The van der Waals surface area contributed by atoms with Crippen LogP contribution in [-0.4, -0.2) is 45.3 Å². The topological polar surface area (TPSA) is 75.5 Å². The molecule has 0 amide bonds. The van der Waals surface area contributed by atoms with Gasteiger partial charge in [-0.05, 0) is 50.7 Å². The highest BCUT2D eigenvalue weighted by Gasteiger charge is 2.36. The number of nitrogens with zero attached hydrogens (tertiary/aromatic N) is 2. The van der Waals surface area contributed by atoms with E-state index >= 15 is 0 Å². The van der Waals surface area contributed by atoms with Crippen LogP contribution >= 0.6 is 11.6 Å². The normalized spacial score (nSPS) is 34.0. The number of aromatic nitrogens is 2. The zero-order valence-corrected chi connectivity index (χ0v) is 14.7. The van der Waals surface area contributed by atoms with Crippen LogP contribution in [0.1, 0.15) is 37.1 Å². The highest BCUT2D eigenvalue weighted by Crippen LogP contribution is 2.38. The third-order valence-electron chi connectivity index (χ3n) is 5.04. The predicted molar refractivity (Wildman–Crippen MR) is 91.6 cm³/mol. The summed E-state index contributed by atoms with van der Waals surface area (Å²) in [5.74, 6) is 0.512. The molecule has 5 unspecified atom stereocenters. The summed E-state index contributed by atoms with van der Waals surface area (Å²) in [4.78, 5) is 0. The van der Waals surface area contributed by atoms with Crippen molar-refractivity contribution in [1.82, 2.24) is 10.2 Å². The largest absolute Gasteiger partial charge is 0.394 e. The molecule has 5 nitrogen and oxygen atoms in total. The first-order valence-electron chi connectivity index (χ1n) is 8.64. The van der Waals surface area contributed by atoms with Crippen LogP contribution in [0.2, 0.25) is 0 Å². The molecule has 132 valence electrons. The van der Waals surface area contributed by atoms with Crippen LogP contribution in [0.15, 0.2) is 23.2 Å². The molecule has 6 heteroatoms. The summed E-state index contributed by atoms with van der Waals surface area (Å²) in [5, 5.41) is 28.6. The molecule has 1 aliphatic heterocycles. The van der Waals surface area contributed by atoms with Gasteiger partial charge < -0.3 is 14.9 Å². The molecule has 1 aromatic heterocycles. The fourth-order valence-electron chi connectivity index (χ4n) is 3.72. The number of aliphatic hydroxyl groups excluding tert-OH is 2. The van der Waals surface area contributed by atoms with E-state index in [1.54, 1.807) is 0 Å². The summed E-state index contributed by atoms with van der Waals surface area (Å²) in [6, 6.07) is 3.96. The van der Waals surface area contributed by atoms with E-state index < -0.39 is 6.10 Å². The molecule has 0 bridgehead atoms. The standard InChI is InChI=1S/C18H25ClN2O3/c1-11-2-4-14(21-20-11)7-13-6-12(3-5-17(13)19)18-9-15(23)8-16(10-22)24-18/h2,4-5,12-13,15-16,18,22-23H,3,6-10H2,1H3. The Balaban J connectivity index is 1.66. The van der Waals surface area contributed by atoms with E-state index in [1.807, 2.05) is 19.1 Å². The van der Waals surface area contributed by atoms with E-state index in [9.17, 15) is 10.2 Å². The minimum atomic E-state index is -0.399. The molecule has 1 aliphatic carbocycles. The fraction of sp³-hybridized carbons (Fsp3) is 0.667. The maximum atomic E-state index is 10.0. The van der Waals surface area contributed by atoms with Gasteiger partial charge in [0.1, 0.15) is 0 Å². The van der Waals surface area contributed by atoms with Crippen molar-refractivity contribution in [2.24, 2.45) is 11.8 Å². The Labute approximate surface area is 147 Å². The molecule has 0 saturated carbocycles. The summed E-state index contributed by atoms with van der Waals surface area (Å²) in [6.45, 7) is 1.88. The molecular formula is C18H25ClN2O3. The molecule has 1 aromatic rings. The predicted octanol–water partition coefficient (Wildman–Crippen LogP) is 2.38. The van der Waals surface area contributed by atoms with Gasteiger partial charge in [-0.3, -0.25) is 0 Å². The van der Waals surface area contributed by atoms with Gasteiger partial charge in [0.2, 0.25) is 0 Å². The minimum absolute atomic E-state index is 0.0291. The van der Waals surface area contributed by atoms with Gasteiger partial charge in [0.05, 0.1) is 36.3 Å². The molecule has 3 rings (SSSR count). The zero-order valence-electron chi connectivity index (χ0n) is 13.9. The maximum absolute atomic E-state index is 10.0. The lowest BCUT2D eigenvalue weighted by Gasteiger charge is -2.39. The molecule has 2 aliphatic rings. The van der Waals surface area contributed by atoms with E-state index in [-0.39, 0.29) is 24.7 Å². The van der Waals surface area contributed by atoms with Crippen LogP contribution in [0.4, 0.5) is 0 Å². The van der Waals surface area contributed by atoms with Crippen LogP contribution in [0, 0.1) is 18.8 Å². The van der Waals surface area contributed by atoms with Crippen LogP contribution in [0.25, 0.3) is 0 Å². The lowest BCUT2D eigenvalue weighted by Crippen LogP contribution is -2.42. The van der Waals surface area contributed by atoms with Gasteiger partial charge in [0.25, 0.3) is 0 Å². The minimum Gasteiger partial charge on any atom is -0.394 e. The second-order valence-electron chi connectivity index (χ2n) is 6.99. The Morgan fingerprint density at radius 3 is 2.79 bits per heavy atom. The van der Waals surface area contributed by atoms with Gasteiger partial charge in [-0.15, -0.1) is 0 Å². The van der Waals surface area contributed by atoms with Gasteiger partial charge in [0, 0.05) is 17.4 Å². The Hall–Kier alpha value is -1.01. The maximum Gasteiger partial charge on any atom is 0.0834 e. The van der Waals surface area contributed by atoms with Crippen molar-refractivity contribution >= 4 is 11.6 Å². The van der Waals surface area contributed by atoms with Crippen LogP contribution in [-0.2, 0) is 11.2 Å². The first-order chi connectivity index (χ1) is 11.5. The quantitative estimate of drug-likeness (QED) is 0.870. The van der Waals surface area contributed by atoms with Crippen LogP contribution in [0.5, 0.6) is 0 Å². The smallest absolute Gasteiger partial charge is 0.0834 e. The van der Waals surface area contributed by atoms with Gasteiger partial charge in [-0.1, -0.05) is 17.7 Å². The van der Waals surface area contributed by atoms with Gasteiger partial charge in [-0.25, -0.2) is 0 Å². The lowest BCUT2D eigenvalue weighted by molar-refractivity contribution is -0.133. The highest BCUT2D eigenvalue weighted by molar-refractivity contribution is 6.29.